The molecule has 0 aliphatic heterocycles. The fourth-order valence-electron chi connectivity index (χ4n) is 1.68. The van der Waals surface area contributed by atoms with Gasteiger partial charge >= 0.3 is 5.97 Å². The minimum absolute atomic E-state index is 0.114. The molecule has 5 nitrogen and oxygen atoms in total. The number of aromatic carboxylic acids is 1. The molecule has 0 saturated heterocycles. The molecule has 98 valence electrons. The van der Waals surface area contributed by atoms with E-state index in [0.717, 1.165) is 0 Å². The molecule has 19 heavy (non-hydrogen) atoms. The summed E-state index contributed by atoms with van der Waals surface area (Å²) in [7, 11) is 1.70. The molecular weight excluding hydrogens is 268 g/mol. The lowest BCUT2D eigenvalue weighted by Crippen LogP contribution is -2.15. The highest BCUT2D eigenvalue weighted by Crippen LogP contribution is 2.16. The van der Waals surface area contributed by atoms with Crippen LogP contribution < -0.4 is 5.32 Å². The molecule has 0 unspecified atom stereocenters. The Morgan fingerprint density at radius 1 is 1.32 bits per heavy atom. The van der Waals surface area contributed by atoms with E-state index in [1.54, 1.807) is 29.9 Å². The SMILES string of the molecule is Cn1cc(Cl)cc1C(=O)Nc1cccc(C(=O)O)c1. The van der Waals surface area contributed by atoms with Gasteiger partial charge in [0.15, 0.2) is 0 Å². The van der Waals surface area contributed by atoms with E-state index < -0.39 is 5.97 Å². The van der Waals surface area contributed by atoms with Gasteiger partial charge in [-0.1, -0.05) is 17.7 Å². The van der Waals surface area contributed by atoms with Crippen molar-refractivity contribution in [2.45, 2.75) is 0 Å². The molecule has 0 radical (unpaired) electrons. The third-order valence-corrected chi connectivity index (χ3v) is 2.78. The predicted molar refractivity (Wildman–Crippen MR) is 71.8 cm³/mol. The van der Waals surface area contributed by atoms with Crippen molar-refractivity contribution >= 4 is 29.2 Å². The average Bonchev–Trinajstić information content (AvgIpc) is 2.69. The first-order valence-electron chi connectivity index (χ1n) is 5.44. The van der Waals surface area contributed by atoms with E-state index >= 15 is 0 Å². The van der Waals surface area contributed by atoms with Crippen LogP contribution in [0.4, 0.5) is 5.69 Å². The van der Waals surface area contributed by atoms with Crippen molar-refractivity contribution in [1.82, 2.24) is 4.57 Å². The number of nitrogens with one attached hydrogen (secondary N) is 1. The van der Waals surface area contributed by atoms with E-state index in [1.165, 1.54) is 18.2 Å². The number of carboxylic acid groups (broad SMARTS) is 1. The predicted octanol–water partition coefficient (Wildman–Crippen LogP) is 2.63. The van der Waals surface area contributed by atoms with Gasteiger partial charge in [-0.25, -0.2) is 4.79 Å². The topological polar surface area (TPSA) is 71.3 Å². The number of aromatic nitrogens is 1. The number of rotatable bonds is 3. The van der Waals surface area contributed by atoms with E-state index in [9.17, 15) is 9.59 Å². The number of hydrogen-bond donors (Lipinski definition) is 2. The van der Waals surface area contributed by atoms with E-state index in [1.807, 2.05) is 0 Å². The van der Waals surface area contributed by atoms with E-state index in [0.29, 0.717) is 16.4 Å². The lowest BCUT2D eigenvalue weighted by molar-refractivity contribution is 0.0696. The number of hydrogen-bond acceptors (Lipinski definition) is 2. The highest BCUT2D eigenvalue weighted by molar-refractivity contribution is 6.31. The number of carbonyl (C=O) groups excluding carboxylic acids is 1. The molecular formula is C13H11ClN2O3. The summed E-state index contributed by atoms with van der Waals surface area (Å²) in [5, 5.41) is 12.0. The standard InChI is InChI=1S/C13H11ClN2O3/c1-16-7-9(14)6-11(16)12(17)15-10-4-2-3-8(5-10)13(18)19/h2-7H,1H3,(H,15,17)(H,18,19). The summed E-state index contributed by atoms with van der Waals surface area (Å²) in [6, 6.07) is 7.58. The van der Waals surface area contributed by atoms with Gasteiger partial charge in [-0.3, -0.25) is 4.79 Å². The Morgan fingerprint density at radius 2 is 2.05 bits per heavy atom. The Bertz CT molecular complexity index is 649. The Labute approximate surface area is 114 Å². The Balaban J connectivity index is 2.21. The van der Waals surface area contributed by atoms with Gasteiger partial charge in [0.25, 0.3) is 5.91 Å². The van der Waals surface area contributed by atoms with E-state index in [4.69, 9.17) is 16.7 Å². The van der Waals surface area contributed by atoms with Crippen molar-refractivity contribution in [3.8, 4) is 0 Å². The second-order valence-electron chi connectivity index (χ2n) is 3.99. The number of benzene rings is 1. The molecule has 0 spiro atoms. The van der Waals surface area contributed by atoms with Crippen LogP contribution >= 0.6 is 11.6 Å². The van der Waals surface area contributed by atoms with Gasteiger partial charge in [0.05, 0.1) is 10.6 Å². The van der Waals surface area contributed by atoms with Crippen LogP contribution in [0.15, 0.2) is 36.5 Å². The number of carboxylic acids is 1. The number of anilines is 1. The number of carbonyl (C=O) groups is 2. The summed E-state index contributed by atoms with van der Waals surface area (Å²) in [6.45, 7) is 0. The minimum atomic E-state index is -1.04. The molecule has 2 rings (SSSR count). The van der Waals surface area contributed by atoms with Gasteiger partial charge < -0.3 is 15.0 Å². The zero-order chi connectivity index (χ0) is 14.0. The molecule has 1 amide bonds. The third-order valence-electron chi connectivity index (χ3n) is 2.57. The first-order valence-corrected chi connectivity index (χ1v) is 5.82. The van der Waals surface area contributed by atoms with Gasteiger partial charge in [-0.2, -0.15) is 0 Å². The average molecular weight is 279 g/mol. The molecule has 1 aromatic heterocycles. The molecule has 0 aliphatic rings. The van der Waals surface area contributed by atoms with Gasteiger partial charge in [0.1, 0.15) is 5.69 Å². The lowest BCUT2D eigenvalue weighted by atomic mass is 10.2. The monoisotopic (exact) mass is 278 g/mol. The highest BCUT2D eigenvalue weighted by Gasteiger charge is 2.12. The molecule has 1 heterocycles. The number of aryl methyl sites for hydroxylation is 1. The van der Waals surface area contributed by atoms with Gasteiger partial charge in [0, 0.05) is 18.9 Å². The van der Waals surface area contributed by atoms with E-state index in [2.05, 4.69) is 5.32 Å². The van der Waals surface area contributed by atoms with Gasteiger partial charge in [-0.05, 0) is 24.3 Å². The smallest absolute Gasteiger partial charge is 0.335 e. The second-order valence-corrected chi connectivity index (χ2v) is 4.43. The quantitative estimate of drug-likeness (QED) is 0.906. The maximum atomic E-state index is 12.0. The van der Waals surface area contributed by atoms with Gasteiger partial charge in [-0.15, -0.1) is 0 Å². The number of nitrogens with zero attached hydrogens (tertiary/aromatic N) is 1. The molecule has 1 aromatic carbocycles. The molecule has 0 saturated carbocycles. The number of halogens is 1. The largest absolute Gasteiger partial charge is 0.478 e. The molecule has 0 bridgehead atoms. The van der Waals surface area contributed by atoms with Crippen molar-refractivity contribution in [2.24, 2.45) is 7.05 Å². The summed E-state index contributed by atoms with van der Waals surface area (Å²) in [4.78, 5) is 22.8. The Hall–Kier alpha value is -2.27. The van der Waals surface area contributed by atoms with Crippen molar-refractivity contribution in [3.05, 3.63) is 52.8 Å². The summed E-state index contributed by atoms with van der Waals surface area (Å²) in [6.07, 6.45) is 1.62. The zero-order valence-electron chi connectivity index (χ0n) is 10.1. The summed E-state index contributed by atoms with van der Waals surface area (Å²) < 4.78 is 1.60. The maximum Gasteiger partial charge on any atom is 0.335 e. The van der Waals surface area contributed by atoms with Crippen LogP contribution in [0.5, 0.6) is 0 Å². The van der Waals surface area contributed by atoms with Crippen LogP contribution in [-0.4, -0.2) is 21.6 Å². The third kappa shape index (κ3) is 2.95. The molecule has 2 aromatic rings. The molecule has 0 atom stereocenters. The van der Waals surface area contributed by atoms with Crippen molar-refractivity contribution in [1.29, 1.82) is 0 Å². The van der Waals surface area contributed by atoms with E-state index in [-0.39, 0.29) is 11.5 Å². The van der Waals surface area contributed by atoms with Crippen LogP contribution in [-0.2, 0) is 7.05 Å². The van der Waals surface area contributed by atoms with Crippen LogP contribution in [0.2, 0.25) is 5.02 Å². The first kappa shape index (κ1) is 13.2. The summed E-state index contributed by atoms with van der Waals surface area (Å²) in [5.41, 5.74) is 0.927. The van der Waals surface area contributed by atoms with Crippen molar-refractivity contribution in [2.75, 3.05) is 5.32 Å². The number of amides is 1. The van der Waals surface area contributed by atoms with Crippen molar-refractivity contribution < 1.29 is 14.7 Å². The second kappa shape index (κ2) is 5.16. The maximum absolute atomic E-state index is 12.0. The Morgan fingerprint density at radius 3 is 2.63 bits per heavy atom. The normalized spacial score (nSPS) is 10.2. The molecule has 2 N–H and O–H groups in total. The van der Waals surface area contributed by atoms with Crippen LogP contribution in [0.1, 0.15) is 20.8 Å². The highest BCUT2D eigenvalue weighted by atomic mass is 35.5. The zero-order valence-corrected chi connectivity index (χ0v) is 10.8. The first-order chi connectivity index (χ1) is 8.97. The minimum Gasteiger partial charge on any atom is -0.478 e. The van der Waals surface area contributed by atoms with Gasteiger partial charge in [0.2, 0.25) is 0 Å². The molecule has 6 heteroatoms. The van der Waals surface area contributed by atoms with Crippen LogP contribution in [0.3, 0.4) is 0 Å². The molecule has 0 fully saturated rings. The lowest BCUT2D eigenvalue weighted by Gasteiger charge is -2.06. The summed E-state index contributed by atoms with van der Waals surface area (Å²) >= 11 is 5.80. The fourth-order valence-corrected chi connectivity index (χ4v) is 1.92. The van der Waals surface area contributed by atoms with Crippen LogP contribution in [0.25, 0.3) is 0 Å². The fraction of sp³-hybridized carbons (Fsp3) is 0.0769. The molecule has 0 aliphatic carbocycles. The Kier molecular flexibility index (Phi) is 3.57. The summed E-state index contributed by atoms with van der Waals surface area (Å²) in [5.74, 6) is -1.39. The van der Waals surface area contributed by atoms with Crippen molar-refractivity contribution in [3.63, 3.8) is 0 Å². The van der Waals surface area contributed by atoms with Crippen LogP contribution in [0, 0.1) is 0 Å².